The molecule has 0 saturated heterocycles. The summed E-state index contributed by atoms with van der Waals surface area (Å²) in [5, 5.41) is 8.66. The molecule has 0 fully saturated rings. The van der Waals surface area contributed by atoms with Crippen molar-refractivity contribution in [1.82, 2.24) is 0 Å². The van der Waals surface area contributed by atoms with E-state index in [4.69, 9.17) is 16.7 Å². The van der Waals surface area contributed by atoms with Crippen LogP contribution in [0.4, 0.5) is 13.2 Å². The molecule has 82 valence electrons. The van der Waals surface area contributed by atoms with Crippen LogP contribution in [0.15, 0.2) is 18.2 Å². The van der Waals surface area contributed by atoms with Crippen LogP contribution in [0.2, 0.25) is 0 Å². The lowest BCUT2D eigenvalue weighted by molar-refractivity contribution is -0.137. The molecule has 2 nitrogen and oxygen atoms in total. The molecule has 1 aromatic rings. The quantitative estimate of drug-likeness (QED) is 0.804. The number of carbonyl (C=O) groups is 1. The molecule has 0 amide bonds. The van der Waals surface area contributed by atoms with Gasteiger partial charge in [-0.25, -0.2) is 4.79 Å². The first-order valence-corrected chi connectivity index (χ1v) is 4.39. The standard InChI is InChI=1S/C9H6ClF3O2/c10-4-5-1-2-6(9(11,12)13)3-7(5)8(14)15/h1-3H,4H2,(H,14,15). The van der Waals surface area contributed by atoms with E-state index in [0.717, 1.165) is 12.1 Å². The van der Waals surface area contributed by atoms with Crippen molar-refractivity contribution in [2.45, 2.75) is 12.1 Å². The minimum absolute atomic E-state index is 0.139. The second-order valence-electron chi connectivity index (χ2n) is 2.81. The van der Waals surface area contributed by atoms with Gasteiger partial charge in [-0.1, -0.05) is 6.07 Å². The Morgan fingerprint density at radius 2 is 2.00 bits per heavy atom. The monoisotopic (exact) mass is 238 g/mol. The molecule has 0 aliphatic carbocycles. The predicted octanol–water partition coefficient (Wildman–Crippen LogP) is 3.14. The average Bonchev–Trinajstić information content (AvgIpc) is 2.15. The minimum atomic E-state index is -4.55. The van der Waals surface area contributed by atoms with Crippen LogP contribution in [-0.4, -0.2) is 11.1 Å². The highest BCUT2D eigenvalue weighted by Gasteiger charge is 2.31. The van der Waals surface area contributed by atoms with Gasteiger partial charge in [0.2, 0.25) is 0 Å². The number of carboxylic acid groups (broad SMARTS) is 1. The van der Waals surface area contributed by atoms with Crippen LogP contribution in [0.1, 0.15) is 21.5 Å². The summed E-state index contributed by atoms with van der Waals surface area (Å²) in [5.74, 6) is -1.56. The number of hydrogen-bond acceptors (Lipinski definition) is 1. The van der Waals surface area contributed by atoms with Gasteiger partial charge in [-0.15, -0.1) is 11.6 Å². The molecule has 1 aromatic carbocycles. The first-order valence-electron chi connectivity index (χ1n) is 3.85. The number of rotatable bonds is 2. The highest BCUT2D eigenvalue weighted by Crippen LogP contribution is 2.30. The summed E-state index contributed by atoms with van der Waals surface area (Å²) >= 11 is 5.40. The normalized spacial score (nSPS) is 11.5. The number of halogens is 4. The SMILES string of the molecule is O=C(O)c1cc(C(F)(F)F)ccc1CCl. The molecule has 1 N–H and O–H groups in total. The zero-order valence-electron chi connectivity index (χ0n) is 7.31. The molecule has 0 atom stereocenters. The van der Waals surface area contributed by atoms with Crippen molar-refractivity contribution in [3.8, 4) is 0 Å². The van der Waals surface area contributed by atoms with Crippen LogP contribution in [0, 0.1) is 0 Å². The number of carboxylic acids is 1. The second-order valence-corrected chi connectivity index (χ2v) is 3.08. The third kappa shape index (κ3) is 2.62. The Kier molecular flexibility index (Phi) is 3.24. The minimum Gasteiger partial charge on any atom is -0.478 e. The van der Waals surface area contributed by atoms with Gasteiger partial charge in [-0.3, -0.25) is 0 Å². The van der Waals surface area contributed by atoms with E-state index < -0.39 is 23.3 Å². The Morgan fingerprint density at radius 1 is 1.40 bits per heavy atom. The van der Waals surface area contributed by atoms with Crippen molar-refractivity contribution < 1.29 is 23.1 Å². The molecule has 0 radical (unpaired) electrons. The van der Waals surface area contributed by atoms with Crippen LogP contribution in [0.5, 0.6) is 0 Å². The molecular weight excluding hydrogens is 233 g/mol. The highest BCUT2D eigenvalue weighted by molar-refractivity contribution is 6.17. The van der Waals surface area contributed by atoms with E-state index >= 15 is 0 Å². The van der Waals surface area contributed by atoms with E-state index in [1.165, 1.54) is 0 Å². The topological polar surface area (TPSA) is 37.3 Å². The Labute approximate surface area is 88.3 Å². The predicted molar refractivity (Wildman–Crippen MR) is 48.0 cm³/mol. The fourth-order valence-electron chi connectivity index (χ4n) is 1.07. The van der Waals surface area contributed by atoms with Gasteiger partial charge in [0.1, 0.15) is 0 Å². The largest absolute Gasteiger partial charge is 0.478 e. The lowest BCUT2D eigenvalue weighted by Gasteiger charge is -2.09. The first-order chi connectivity index (χ1) is 6.86. The number of hydrogen-bond donors (Lipinski definition) is 1. The van der Waals surface area contributed by atoms with Gasteiger partial charge < -0.3 is 5.11 Å². The first kappa shape index (κ1) is 11.8. The van der Waals surface area contributed by atoms with Crippen LogP contribution >= 0.6 is 11.6 Å². The molecule has 0 aliphatic rings. The molecule has 0 aromatic heterocycles. The van der Waals surface area contributed by atoms with Gasteiger partial charge in [-0.2, -0.15) is 13.2 Å². The Hall–Kier alpha value is -1.23. The van der Waals surface area contributed by atoms with Crippen molar-refractivity contribution in [1.29, 1.82) is 0 Å². The van der Waals surface area contributed by atoms with E-state index in [1.807, 2.05) is 0 Å². The maximum Gasteiger partial charge on any atom is 0.416 e. The van der Waals surface area contributed by atoms with Gasteiger partial charge in [0, 0.05) is 5.88 Å². The third-order valence-corrected chi connectivity index (χ3v) is 2.10. The lowest BCUT2D eigenvalue weighted by atomic mass is 10.0. The molecule has 0 unspecified atom stereocenters. The Bertz CT molecular complexity index is 387. The molecule has 15 heavy (non-hydrogen) atoms. The van der Waals surface area contributed by atoms with Gasteiger partial charge in [0.25, 0.3) is 0 Å². The fourth-order valence-corrected chi connectivity index (χ4v) is 1.30. The van der Waals surface area contributed by atoms with E-state index in [2.05, 4.69) is 0 Å². The van der Waals surface area contributed by atoms with Crippen molar-refractivity contribution >= 4 is 17.6 Å². The van der Waals surface area contributed by atoms with Gasteiger partial charge in [0.05, 0.1) is 11.1 Å². The van der Waals surface area contributed by atoms with E-state index in [1.54, 1.807) is 0 Å². The van der Waals surface area contributed by atoms with Crippen molar-refractivity contribution in [3.05, 3.63) is 34.9 Å². The summed E-state index contributed by atoms with van der Waals surface area (Å²) < 4.78 is 36.7. The summed E-state index contributed by atoms with van der Waals surface area (Å²) in [6.45, 7) is 0. The summed E-state index contributed by atoms with van der Waals surface area (Å²) in [7, 11) is 0. The Morgan fingerprint density at radius 3 is 2.40 bits per heavy atom. The fraction of sp³-hybridized carbons (Fsp3) is 0.222. The molecule has 0 heterocycles. The molecule has 1 rings (SSSR count). The zero-order valence-corrected chi connectivity index (χ0v) is 8.06. The molecular formula is C9H6ClF3O2. The highest BCUT2D eigenvalue weighted by atomic mass is 35.5. The average molecular weight is 239 g/mol. The van der Waals surface area contributed by atoms with E-state index in [9.17, 15) is 18.0 Å². The van der Waals surface area contributed by atoms with E-state index in [0.29, 0.717) is 6.07 Å². The van der Waals surface area contributed by atoms with E-state index in [-0.39, 0.29) is 11.4 Å². The maximum atomic E-state index is 12.2. The molecule has 0 spiro atoms. The molecule has 0 aliphatic heterocycles. The summed E-state index contributed by atoms with van der Waals surface area (Å²) in [6, 6.07) is 2.46. The van der Waals surface area contributed by atoms with Crippen LogP contribution < -0.4 is 0 Å². The Balaban J connectivity index is 3.28. The number of benzene rings is 1. The van der Waals surface area contributed by atoms with Crippen LogP contribution in [-0.2, 0) is 12.1 Å². The van der Waals surface area contributed by atoms with Crippen LogP contribution in [0.25, 0.3) is 0 Å². The molecule has 0 bridgehead atoms. The van der Waals surface area contributed by atoms with Crippen molar-refractivity contribution in [2.24, 2.45) is 0 Å². The molecule has 6 heteroatoms. The zero-order chi connectivity index (χ0) is 11.6. The van der Waals surface area contributed by atoms with Gasteiger partial charge >= 0.3 is 12.1 Å². The van der Waals surface area contributed by atoms with Gasteiger partial charge in [-0.05, 0) is 17.7 Å². The lowest BCUT2D eigenvalue weighted by Crippen LogP contribution is -2.09. The third-order valence-electron chi connectivity index (χ3n) is 1.81. The van der Waals surface area contributed by atoms with Gasteiger partial charge in [0.15, 0.2) is 0 Å². The van der Waals surface area contributed by atoms with Crippen LogP contribution in [0.3, 0.4) is 0 Å². The van der Waals surface area contributed by atoms with Crippen molar-refractivity contribution in [3.63, 3.8) is 0 Å². The molecule has 0 saturated carbocycles. The second kappa shape index (κ2) is 4.10. The van der Waals surface area contributed by atoms with Crippen molar-refractivity contribution in [2.75, 3.05) is 0 Å². The summed E-state index contributed by atoms with van der Waals surface area (Å²) in [6.07, 6.45) is -4.55. The summed E-state index contributed by atoms with van der Waals surface area (Å²) in [4.78, 5) is 10.6. The maximum absolute atomic E-state index is 12.2. The summed E-state index contributed by atoms with van der Waals surface area (Å²) in [5.41, 5.74) is -1.24. The number of aromatic carboxylic acids is 1. The smallest absolute Gasteiger partial charge is 0.416 e. The number of alkyl halides is 4.